The largest absolute Gasteiger partial charge is 0.464 e. The number of benzene rings is 1. The topological polar surface area (TPSA) is 84.9 Å². The molecule has 7 heteroatoms. The molecule has 134 valence electrons. The van der Waals surface area contributed by atoms with Crippen LogP contribution in [0.4, 0.5) is 0 Å². The second-order valence-electron chi connectivity index (χ2n) is 6.27. The summed E-state index contributed by atoms with van der Waals surface area (Å²) in [4.78, 5) is 38.4. The minimum atomic E-state index is -0.966. The Kier molecular flexibility index (Phi) is 5.03. The van der Waals surface area contributed by atoms with Crippen LogP contribution in [0.2, 0.25) is 0 Å². The number of fused-ring (bicyclic) bond motifs is 1. The molecular weight excluding hydrogens is 324 g/mol. The predicted octanol–water partition coefficient (Wildman–Crippen LogP) is 1.00. The molecule has 0 aliphatic carbocycles. The summed E-state index contributed by atoms with van der Waals surface area (Å²) >= 11 is 0. The third-order valence-corrected chi connectivity index (χ3v) is 4.58. The Labute approximate surface area is 146 Å². The van der Waals surface area contributed by atoms with Crippen LogP contribution in [0.25, 0.3) is 0 Å². The summed E-state index contributed by atoms with van der Waals surface area (Å²) in [6, 6.07) is 8.43. The van der Waals surface area contributed by atoms with Crippen molar-refractivity contribution in [1.29, 1.82) is 0 Å². The van der Waals surface area contributed by atoms with Crippen LogP contribution in [-0.2, 0) is 23.9 Å². The maximum absolute atomic E-state index is 13.0. The van der Waals surface area contributed by atoms with Gasteiger partial charge in [0.05, 0.1) is 25.2 Å². The zero-order valence-electron chi connectivity index (χ0n) is 14.3. The van der Waals surface area contributed by atoms with Gasteiger partial charge in [0.15, 0.2) is 6.23 Å². The van der Waals surface area contributed by atoms with Crippen LogP contribution in [0, 0.1) is 5.92 Å². The molecule has 1 aromatic rings. The molecule has 7 nitrogen and oxygen atoms in total. The average molecular weight is 346 g/mol. The molecule has 2 aliphatic rings. The van der Waals surface area contributed by atoms with Gasteiger partial charge in [-0.1, -0.05) is 30.3 Å². The molecule has 0 unspecified atom stereocenters. The second-order valence-corrected chi connectivity index (χ2v) is 6.27. The molecule has 25 heavy (non-hydrogen) atoms. The molecule has 0 saturated carbocycles. The molecule has 2 fully saturated rings. The molecule has 0 bridgehead atoms. The van der Waals surface area contributed by atoms with Crippen molar-refractivity contribution in [3.8, 4) is 0 Å². The number of esters is 1. The van der Waals surface area contributed by atoms with Crippen LogP contribution in [0.5, 0.6) is 0 Å². The van der Waals surface area contributed by atoms with Crippen LogP contribution in [0.3, 0.4) is 0 Å². The lowest BCUT2D eigenvalue weighted by Gasteiger charge is -2.25. The lowest BCUT2D eigenvalue weighted by molar-refractivity contribution is -0.152. The molecule has 1 aromatic carbocycles. The lowest BCUT2D eigenvalue weighted by atomic mass is 9.96. The predicted molar refractivity (Wildman–Crippen MR) is 88.1 cm³/mol. The van der Waals surface area contributed by atoms with Crippen LogP contribution in [0.1, 0.15) is 32.1 Å². The minimum Gasteiger partial charge on any atom is -0.464 e. The highest BCUT2D eigenvalue weighted by atomic mass is 16.5. The molecule has 2 heterocycles. The van der Waals surface area contributed by atoms with E-state index in [0.717, 1.165) is 5.56 Å². The normalized spacial score (nSPS) is 26.2. The molecule has 1 N–H and O–H groups in total. The molecule has 2 aliphatic heterocycles. The van der Waals surface area contributed by atoms with E-state index >= 15 is 0 Å². The Hall–Kier alpha value is -2.41. The van der Waals surface area contributed by atoms with Gasteiger partial charge in [0.1, 0.15) is 6.04 Å². The molecule has 2 amide bonds. The Balaban J connectivity index is 1.82. The Morgan fingerprint density at radius 1 is 1.36 bits per heavy atom. The molecular formula is C18H22N2O5. The van der Waals surface area contributed by atoms with Crippen molar-refractivity contribution in [1.82, 2.24) is 10.2 Å². The van der Waals surface area contributed by atoms with Crippen molar-refractivity contribution in [2.24, 2.45) is 5.92 Å². The number of carbonyl (C=O) groups excluding carboxylic acids is 3. The van der Waals surface area contributed by atoms with Gasteiger partial charge in [-0.2, -0.15) is 0 Å². The number of nitrogens with zero attached hydrogens (tertiary/aromatic N) is 1. The Bertz CT molecular complexity index is 663. The number of hydrogen-bond acceptors (Lipinski definition) is 5. The van der Waals surface area contributed by atoms with Gasteiger partial charge >= 0.3 is 5.97 Å². The van der Waals surface area contributed by atoms with Crippen LogP contribution in [-0.4, -0.2) is 48.0 Å². The fourth-order valence-corrected chi connectivity index (χ4v) is 3.54. The lowest BCUT2D eigenvalue weighted by Crippen LogP contribution is -2.48. The monoisotopic (exact) mass is 346 g/mol. The Morgan fingerprint density at radius 2 is 2.08 bits per heavy atom. The van der Waals surface area contributed by atoms with E-state index in [2.05, 4.69) is 5.32 Å². The third kappa shape index (κ3) is 3.37. The minimum absolute atomic E-state index is 0.103. The van der Waals surface area contributed by atoms with E-state index < -0.39 is 24.2 Å². The van der Waals surface area contributed by atoms with Gasteiger partial charge in [0.25, 0.3) is 0 Å². The molecule has 2 saturated heterocycles. The first-order valence-electron chi connectivity index (χ1n) is 8.45. The Morgan fingerprint density at radius 3 is 2.72 bits per heavy atom. The SMILES string of the molecule is CCOC(=O)[C@H](NC(C)=O)[C@H]1C[C@H]2CO[C@H](c3ccccc3)N2C1=O. The average Bonchev–Trinajstić information content (AvgIpc) is 3.14. The van der Waals surface area contributed by atoms with Crippen molar-refractivity contribution in [3.05, 3.63) is 35.9 Å². The molecule has 3 rings (SSSR count). The smallest absolute Gasteiger partial charge is 0.329 e. The van der Waals surface area contributed by atoms with Crippen molar-refractivity contribution in [2.45, 2.75) is 38.6 Å². The first-order chi connectivity index (χ1) is 12.0. The quantitative estimate of drug-likeness (QED) is 0.804. The van der Waals surface area contributed by atoms with Gasteiger partial charge in [-0.3, -0.25) is 9.59 Å². The van der Waals surface area contributed by atoms with Gasteiger partial charge in [-0.15, -0.1) is 0 Å². The van der Waals surface area contributed by atoms with Crippen LogP contribution < -0.4 is 5.32 Å². The number of hydrogen-bond donors (Lipinski definition) is 1. The van der Waals surface area contributed by atoms with Gasteiger partial charge in [-0.25, -0.2) is 4.79 Å². The maximum atomic E-state index is 13.0. The van der Waals surface area contributed by atoms with E-state index in [1.54, 1.807) is 11.8 Å². The summed E-state index contributed by atoms with van der Waals surface area (Å²) in [6.07, 6.45) is -0.00442. The van der Waals surface area contributed by atoms with Crippen molar-refractivity contribution in [3.63, 3.8) is 0 Å². The number of ether oxygens (including phenoxy) is 2. The summed E-state index contributed by atoms with van der Waals surface area (Å²) < 4.78 is 10.8. The van der Waals surface area contributed by atoms with Gasteiger partial charge < -0.3 is 19.7 Å². The summed E-state index contributed by atoms with van der Waals surface area (Å²) in [5, 5.41) is 2.58. The zero-order valence-corrected chi connectivity index (χ0v) is 14.3. The number of nitrogens with one attached hydrogen (secondary N) is 1. The van der Waals surface area contributed by atoms with Gasteiger partial charge in [0.2, 0.25) is 11.8 Å². The molecule has 4 atom stereocenters. The maximum Gasteiger partial charge on any atom is 0.329 e. The zero-order chi connectivity index (χ0) is 18.0. The van der Waals surface area contributed by atoms with Crippen LogP contribution >= 0.6 is 0 Å². The molecule has 0 aromatic heterocycles. The highest BCUT2D eigenvalue weighted by molar-refractivity contribution is 5.92. The standard InChI is InChI=1S/C18H22N2O5/c1-3-24-18(23)15(19-11(2)21)14-9-13-10-25-17(20(13)16(14)22)12-7-5-4-6-8-12/h4-8,13-15,17H,3,9-10H2,1-2H3,(H,19,21)/t13-,14+,15+,17+/m0/s1. The van der Waals surface area contributed by atoms with Gasteiger partial charge in [0, 0.05) is 12.5 Å². The highest BCUT2D eigenvalue weighted by Gasteiger charge is 2.52. The summed E-state index contributed by atoms with van der Waals surface area (Å²) in [5.74, 6) is -1.77. The van der Waals surface area contributed by atoms with E-state index in [4.69, 9.17) is 9.47 Å². The van der Waals surface area contributed by atoms with E-state index in [-0.39, 0.29) is 24.5 Å². The van der Waals surface area contributed by atoms with E-state index in [1.807, 2.05) is 30.3 Å². The van der Waals surface area contributed by atoms with Crippen molar-refractivity contribution >= 4 is 17.8 Å². The molecule has 0 radical (unpaired) electrons. The van der Waals surface area contributed by atoms with E-state index in [9.17, 15) is 14.4 Å². The van der Waals surface area contributed by atoms with Crippen molar-refractivity contribution < 1.29 is 23.9 Å². The second kappa shape index (κ2) is 7.23. The summed E-state index contributed by atoms with van der Waals surface area (Å²) in [7, 11) is 0. The van der Waals surface area contributed by atoms with E-state index in [0.29, 0.717) is 13.0 Å². The molecule has 0 spiro atoms. The van der Waals surface area contributed by atoms with Crippen molar-refractivity contribution in [2.75, 3.05) is 13.2 Å². The number of carbonyl (C=O) groups is 3. The fraction of sp³-hybridized carbons (Fsp3) is 0.500. The number of rotatable bonds is 5. The first-order valence-corrected chi connectivity index (χ1v) is 8.45. The fourth-order valence-electron chi connectivity index (χ4n) is 3.54. The van der Waals surface area contributed by atoms with Crippen LogP contribution in [0.15, 0.2) is 30.3 Å². The summed E-state index contributed by atoms with van der Waals surface area (Å²) in [6.45, 7) is 3.62. The third-order valence-electron chi connectivity index (χ3n) is 4.58. The first kappa shape index (κ1) is 17.4. The summed E-state index contributed by atoms with van der Waals surface area (Å²) in [5.41, 5.74) is 0.895. The highest BCUT2D eigenvalue weighted by Crippen LogP contribution is 2.40. The van der Waals surface area contributed by atoms with E-state index in [1.165, 1.54) is 6.92 Å². The van der Waals surface area contributed by atoms with Gasteiger partial charge in [-0.05, 0) is 13.3 Å². The number of amides is 2.